The Hall–Kier alpha value is -3.82. The molecule has 44 heavy (non-hydrogen) atoms. The Morgan fingerprint density at radius 3 is 2.11 bits per heavy atom. The summed E-state index contributed by atoms with van der Waals surface area (Å²) in [5.74, 6) is -0.577. The maximum atomic E-state index is 13.7. The van der Waals surface area contributed by atoms with Crippen molar-refractivity contribution in [3.63, 3.8) is 0 Å². The molecular formula is C30H32F2N6O4S2. The maximum Gasteiger partial charge on any atom is 0.323 e. The summed E-state index contributed by atoms with van der Waals surface area (Å²) >= 11 is 1.01. The van der Waals surface area contributed by atoms with E-state index < -0.39 is 10.0 Å². The first-order valence-electron chi connectivity index (χ1n) is 14.0. The molecule has 0 radical (unpaired) electrons. The third kappa shape index (κ3) is 8.42. The highest BCUT2D eigenvalue weighted by Crippen LogP contribution is 2.29. The number of rotatable bonds is 11. The number of aromatic nitrogens is 2. The molecular weight excluding hydrogens is 610 g/mol. The summed E-state index contributed by atoms with van der Waals surface area (Å²) < 4.78 is 60.3. The lowest BCUT2D eigenvalue weighted by Crippen LogP contribution is -2.44. The van der Waals surface area contributed by atoms with Crippen LogP contribution in [0.4, 0.5) is 18.7 Å². The number of ether oxygens (including phenoxy) is 1. The number of carbonyl (C=O) groups is 1. The Morgan fingerprint density at radius 1 is 0.955 bits per heavy atom. The van der Waals surface area contributed by atoms with Crippen LogP contribution in [-0.2, 0) is 14.8 Å². The maximum absolute atomic E-state index is 13.7. The van der Waals surface area contributed by atoms with E-state index in [2.05, 4.69) is 19.6 Å². The Morgan fingerprint density at radius 2 is 1.55 bits per heavy atom. The number of amides is 2. The Balaban J connectivity index is 1.32. The van der Waals surface area contributed by atoms with Crippen LogP contribution >= 0.6 is 11.5 Å². The van der Waals surface area contributed by atoms with Crippen molar-refractivity contribution in [1.82, 2.24) is 19.2 Å². The second kappa shape index (κ2) is 14.3. The minimum absolute atomic E-state index is 0.0273. The van der Waals surface area contributed by atoms with Gasteiger partial charge in [-0.1, -0.05) is 24.3 Å². The second-order valence-corrected chi connectivity index (χ2v) is 12.6. The van der Waals surface area contributed by atoms with Gasteiger partial charge in [0.2, 0.25) is 15.2 Å². The van der Waals surface area contributed by atoms with Crippen LogP contribution in [0.2, 0.25) is 0 Å². The molecule has 1 aliphatic rings. The number of hydrogen-bond donors (Lipinski definition) is 2. The van der Waals surface area contributed by atoms with Crippen LogP contribution in [0.15, 0.2) is 77.7 Å². The largest absolute Gasteiger partial charge is 0.379 e. The highest BCUT2D eigenvalue weighted by Gasteiger charge is 2.22. The number of nitrogens with one attached hydrogen (secondary N) is 1. The smallest absolute Gasteiger partial charge is 0.323 e. The molecule has 2 heterocycles. The third-order valence-corrected chi connectivity index (χ3v) is 8.95. The van der Waals surface area contributed by atoms with Gasteiger partial charge in [-0.3, -0.25) is 10.2 Å². The molecule has 232 valence electrons. The Kier molecular flexibility index (Phi) is 10.3. The standard InChI is InChI=1S/C30H32F2N6O4S2/c31-24-7-1-21(2-8-24)27(22-3-9-25(32)10-4-22)13-14-38(16-15-37-17-19-42-20-18-37)30(39)35-29-34-28(36-43-29)23-5-11-26(12-6-23)44(33,40)41/h1-12,27H,13-20H2,(H2,33,40,41)(H,34,35,36,39). The first kappa shape index (κ1) is 31.6. The van der Waals surface area contributed by atoms with Crippen LogP contribution in [0.5, 0.6) is 0 Å². The summed E-state index contributed by atoms with van der Waals surface area (Å²) in [5.41, 5.74) is 2.28. The fourth-order valence-electron chi connectivity index (χ4n) is 4.96. The van der Waals surface area contributed by atoms with E-state index in [1.807, 2.05) is 0 Å². The molecule has 2 amide bonds. The molecule has 14 heteroatoms. The van der Waals surface area contributed by atoms with Gasteiger partial charge in [0.1, 0.15) is 11.6 Å². The molecule has 1 aliphatic heterocycles. The third-order valence-electron chi connectivity index (χ3n) is 7.39. The molecule has 10 nitrogen and oxygen atoms in total. The number of benzene rings is 3. The van der Waals surface area contributed by atoms with Crippen molar-refractivity contribution in [1.29, 1.82) is 0 Å². The van der Waals surface area contributed by atoms with E-state index in [0.29, 0.717) is 50.7 Å². The average molecular weight is 643 g/mol. The van der Waals surface area contributed by atoms with Crippen molar-refractivity contribution in [2.75, 3.05) is 51.3 Å². The van der Waals surface area contributed by atoms with Gasteiger partial charge >= 0.3 is 6.03 Å². The number of halogens is 2. The van der Waals surface area contributed by atoms with Gasteiger partial charge < -0.3 is 9.64 Å². The number of urea groups is 1. The molecule has 0 aliphatic carbocycles. The van der Waals surface area contributed by atoms with Crippen LogP contribution < -0.4 is 10.5 Å². The van der Waals surface area contributed by atoms with Crippen molar-refractivity contribution >= 4 is 32.7 Å². The van der Waals surface area contributed by atoms with Gasteiger partial charge in [0.15, 0.2) is 5.82 Å². The van der Waals surface area contributed by atoms with Crippen molar-refractivity contribution in [3.8, 4) is 11.4 Å². The van der Waals surface area contributed by atoms with Gasteiger partial charge in [-0.05, 0) is 66.1 Å². The molecule has 4 aromatic rings. The molecule has 0 unspecified atom stereocenters. The predicted octanol–water partition coefficient (Wildman–Crippen LogP) is 4.52. The molecule has 0 atom stereocenters. The van der Waals surface area contributed by atoms with E-state index in [-0.39, 0.29) is 33.6 Å². The predicted molar refractivity (Wildman–Crippen MR) is 164 cm³/mol. The molecule has 3 N–H and O–H groups in total. The molecule has 0 spiro atoms. The number of morpholine rings is 1. The van der Waals surface area contributed by atoms with Gasteiger partial charge in [0.05, 0.1) is 18.1 Å². The number of carbonyl (C=O) groups excluding carboxylic acids is 1. The highest BCUT2D eigenvalue weighted by atomic mass is 32.2. The van der Waals surface area contributed by atoms with Gasteiger partial charge in [0, 0.05) is 55.7 Å². The zero-order valence-electron chi connectivity index (χ0n) is 23.7. The van der Waals surface area contributed by atoms with E-state index in [1.165, 1.54) is 36.4 Å². The number of nitrogens with zero attached hydrogens (tertiary/aromatic N) is 4. The van der Waals surface area contributed by atoms with Crippen LogP contribution in [0, 0.1) is 11.6 Å². The average Bonchev–Trinajstić information content (AvgIpc) is 3.49. The molecule has 1 fully saturated rings. The highest BCUT2D eigenvalue weighted by molar-refractivity contribution is 7.89. The second-order valence-electron chi connectivity index (χ2n) is 10.3. The molecule has 0 bridgehead atoms. The SMILES string of the molecule is NS(=O)(=O)c1ccc(-c2nsc(NC(=O)N(CCC(c3ccc(F)cc3)c3ccc(F)cc3)CCN3CCOCC3)n2)cc1. The van der Waals surface area contributed by atoms with Crippen molar-refractivity contribution in [2.24, 2.45) is 5.14 Å². The number of nitrogens with two attached hydrogens (primary N) is 1. The zero-order valence-corrected chi connectivity index (χ0v) is 25.4. The summed E-state index contributed by atoms with van der Waals surface area (Å²) in [7, 11) is -3.83. The lowest BCUT2D eigenvalue weighted by atomic mass is 9.88. The quantitative estimate of drug-likeness (QED) is 0.246. The van der Waals surface area contributed by atoms with E-state index in [9.17, 15) is 22.0 Å². The first-order chi connectivity index (χ1) is 21.2. The molecule has 1 aromatic heterocycles. The topological polar surface area (TPSA) is 131 Å². The Bertz CT molecular complexity index is 1600. The molecule has 1 saturated heterocycles. The zero-order chi connectivity index (χ0) is 31.1. The normalized spacial score (nSPS) is 14.1. The van der Waals surface area contributed by atoms with E-state index in [0.717, 1.165) is 35.7 Å². The first-order valence-corrected chi connectivity index (χ1v) is 16.3. The lowest BCUT2D eigenvalue weighted by Gasteiger charge is -2.31. The number of hydrogen-bond acceptors (Lipinski definition) is 8. The lowest BCUT2D eigenvalue weighted by molar-refractivity contribution is 0.0351. The minimum atomic E-state index is -3.83. The number of primary sulfonamides is 1. The van der Waals surface area contributed by atoms with Gasteiger partial charge in [-0.25, -0.2) is 27.1 Å². The molecule has 0 saturated carbocycles. The summed E-state index contributed by atoms with van der Waals surface area (Å²) in [4.78, 5) is 21.9. The van der Waals surface area contributed by atoms with Crippen molar-refractivity contribution < 1.29 is 26.7 Å². The number of sulfonamides is 1. The van der Waals surface area contributed by atoms with Gasteiger partial charge in [0.25, 0.3) is 0 Å². The summed E-state index contributed by atoms with van der Waals surface area (Å²) in [6.45, 7) is 4.25. The van der Waals surface area contributed by atoms with Crippen molar-refractivity contribution in [3.05, 3.63) is 95.6 Å². The van der Waals surface area contributed by atoms with Crippen LogP contribution in [0.1, 0.15) is 23.5 Å². The monoisotopic (exact) mass is 642 g/mol. The minimum Gasteiger partial charge on any atom is -0.379 e. The van der Waals surface area contributed by atoms with Crippen molar-refractivity contribution in [2.45, 2.75) is 17.2 Å². The van der Waals surface area contributed by atoms with Crippen LogP contribution in [0.3, 0.4) is 0 Å². The fraction of sp³-hybridized carbons (Fsp3) is 0.300. The van der Waals surface area contributed by atoms with Crippen LogP contribution in [0.25, 0.3) is 11.4 Å². The summed E-state index contributed by atoms with van der Waals surface area (Å²) in [6.07, 6.45) is 0.506. The van der Waals surface area contributed by atoms with Gasteiger partial charge in [-0.2, -0.15) is 9.36 Å². The summed E-state index contributed by atoms with van der Waals surface area (Å²) in [5, 5.41) is 8.31. The Labute approximate surface area is 258 Å². The van der Waals surface area contributed by atoms with E-state index >= 15 is 0 Å². The van der Waals surface area contributed by atoms with Crippen LogP contribution in [-0.4, -0.2) is 79.5 Å². The number of anilines is 1. The summed E-state index contributed by atoms with van der Waals surface area (Å²) in [6, 6.07) is 17.9. The fourth-order valence-corrected chi connectivity index (χ4v) is 6.05. The van der Waals surface area contributed by atoms with E-state index in [1.54, 1.807) is 41.3 Å². The van der Waals surface area contributed by atoms with Gasteiger partial charge in [-0.15, -0.1) is 0 Å². The molecule has 3 aromatic carbocycles. The molecule has 5 rings (SSSR count). The van der Waals surface area contributed by atoms with E-state index in [4.69, 9.17) is 9.88 Å².